The topological polar surface area (TPSA) is 81.2 Å². The second-order valence-electron chi connectivity index (χ2n) is 12.3. The van der Waals surface area contributed by atoms with Crippen LogP contribution in [0.15, 0.2) is 152 Å². The molecule has 2 aromatic heterocycles. The molecular weight excluding hydrogens is 611 g/mol. The molecule has 0 spiro atoms. The summed E-state index contributed by atoms with van der Waals surface area (Å²) in [6.45, 7) is 0. The molecule has 230 valence electrons. The summed E-state index contributed by atoms with van der Waals surface area (Å²) in [5, 5.41) is 33.8. The summed E-state index contributed by atoms with van der Waals surface area (Å²) in [5.74, 6) is 0. The molecule has 5 nitrogen and oxygen atoms in total. The summed E-state index contributed by atoms with van der Waals surface area (Å²) in [5.41, 5.74) is 11.7. The molecule has 0 aliphatic rings. The molecule has 5 heteroatoms. The molecule has 0 unspecified atom stereocenters. The summed E-state index contributed by atoms with van der Waals surface area (Å²) >= 11 is 0. The van der Waals surface area contributed by atoms with Gasteiger partial charge in [-0.15, -0.1) is 0 Å². The number of hydrogen-bond donors (Lipinski definition) is 0. The predicted octanol–water partition coefficient (Wildman–Crippen LogP) is 10.8. The van der Waals surface area contributed by atoms with Crippen LogP contribution in [0.1, 0.15) is 16.7 Å². The second kappa shape index (κ2) is 11.4. The summed E-state index contributed by atoms with van der Waals surface area (Å²) < 4.78 is 4.38. The van der Waals surface area contributed by atoms with Gasteiger partial charge in [0.05, 0.1) is 56.6 Å². The molecule has 0 fully saturated rings. The molecule has 9 aromatic rings. The van der Waals surface area contributed by atoms with Gasteiger partial charge in [-0.2, -0.15) is 15.8 Å². The zero-order valence-electron chi connectivity index (χ0n) is 26.7. The van der Waals surface area contributed by atoms with Crippen LogP contribution in [0.2, 0.25) is 0 Å². The maximum absolute atomic E-state index is 10.1. The Labute approximate surface area is 287 Å². The Hall–Kier alpha value is -7.39. The highest BCUT2D eigenvalue weighted by Crippen LogP contribution is 2.38. The van der Waals surface area contributed by atoms with Crippen LogP contribution in [0, 0.1) is 34.0 Å². The number of para-hydroxylation sites is 3. The van der Waals surface area contributed by atoms with Gasteiger partial charge in [-0.3, -0.25) is 0 Å². The minimum atomic E-state index is 0.577. The average Bonchev–Trinajstić information content (AvgIpc) is 3.70. The van der Waals surface area contributed by atoms with Gasteiger partial charge in [0, 0.05) is 32.8 Å². The van der Waals surface area contributed by atoms with E-state index in [0.717, 1.165) is 66.5 Å². The molecule has 0 radical (unpaired) electrons. The van der Waals surface area contributed by atoms with E-state index < -0.39 is 0 Å². The third-order valence-electron chi connectivity index (χ3n) is 9.62. The highest BCUT2D eigenvalue weighted by Gasteiger charge is 2.18. The number of benzene rings is 7. The van der Waals surface area contributed by atoms with E-state index in [9.17, 15) is 15.8 Å². The van der Waals surface area contributed by atoms with Crippen molar-refractivity contribution in [2.24, 2.45) is 0 Å². The van der Waals surface area contributed by atoms with Crippen molar-refractivity contribution in [1.29, 1.82) is 15.8 Å². The minimum Gasteiger partial charge on any atom is -0.309 e. The Morgan fingerprint density at radius 2 is 1.02 bits per heavy atom. The predicted molar refractivity (Wildman–Crippen MR) is 200 cm³/mol. The first-order valence-corrected chi connectivity index (χ1v) is 16.3. The number of nitrogens with zero attached hydrogens (tertiary/aromatic N) is 5. The standard InChI is InChI=1S/C45H25N5/c46-26-29-16-22-43-40(23-29)39-12-6-8-34(28-48)45(39)49(43)35-9-5-7-33(25-35)31-17-19-32(20-18-31)36-21-15-30(27-47)24-44(36)50-41-13-3-1-10-37(41)38-11-2-4-14-42(38)50/h1-25H. The second-order valence-corrected chi connectivity index (χ2v) is 12.3. The first-order valence-electron chi connectivity index (χ1n) is 16.3. The van der Waals surface area contributed by atoms with Crippen LogP contribution in [0.3, 0.4) is 0 Å². The van der Waals surface area contributed by atoms with Crippen molar-refractivity contribution in [1.82, 2.24) is 9.13 Å². The quantitative estimate of drug-likeness (QED) is 0.193. The number of fused-ring (bicyclic) bond motifs is 6. The van der Waals surface area contributed by atoms with E-state index in [1.54, 1.807) is 0 Å². The largest absolute Gasteiger partial charge is 0.309 e. The summed E-state index contributed by atoms with van der Waals surface area (Å²) in [6.07, 6.45) is 0. The van der Waals surface area contributed by atoms with Crippen LogP contribution < -0.4 is 0 Å². The molecule has 50 heavy (non-hydrogen) atoms. The van der Waals surface area contributed by atoms with Crippen molar-refractivity contribution in [3.63, 3.8) is 0 Å². The number of hydrogen-bond acceptors (Lipinski definition) is 3. The zero-order valence-corrected chi connectivity index (χ0v) is 26.7. The van der Waals surface area contributed by atoms with E-state index in [1.165, 1.54) is 10.8 Å². The Bertz CT molecular complexity index is 2900. The lowest BCUT2D eigenvalue weighted by atomic mass is 9.97. The van der Waals surface area contributed by atoms with Gasteiger partial charge < -0.3 is 9.13 Å². The summed E-state index contributed by atoms with van der Waals surface area (Å²) in [6, 6.07) is 57.9. The first-order chi connectivity index (χ1) is 24.7. The fourth-order valence-electron chi connectivity index (χ4n) is 7.38. The van der Waals surface area contributed by atoms with Crippen molar-refractivity contribution < 1.29 is 0 Å². The van der Waals surface area contributed by atoms with Crippen LogP contribution in [0.5, 0.6) is 0 Å². The average molecular weight is 636 g/mol. The molecule has 2 heterocycles. The van der Waals surface area contributed by atoms with Gasteiger partial charge in [0.15, 0.2) is 0 Å². The zero-order chi connectivity index (χ0) is 33.8. The van der Waals surface area contributed by atoms with E-state index in [1.807, 2.05) is 60.7 Å². The van der Waals surface area contributed by atoms with Crippen molar-refractivity contribution in [3.05, 3.63) is 168 Å². The van der Waals surface area contributed by atoms with Crippen molar-refractivity contribution in [2.45, 2.75) is 0 Å². The summed E-state index contributed by atoms with van der Waals surface area (Å²) in [4.78, 5) is 0. The monoisotopic (exact) mass is 635 g/mol. The molecule has 7 aromatic carbocycles. The van der Waals surface area contributed by atoms with Crippen molar-refractivity contribution in [3.8, 4) is 51.8 Å². The van der Waals surface area contributed by atoms with Crippen LogP contribution in [-0.2, 0) is 0 Å². The first kappa shape index (κ1) is 28.8. The van der Waals surface area contributed by atoms with Gasteiger partial charge in [-0.25, -0.2) is 0 Å². The molecule has 0 saturated heterocycles. The number of rotatable bonds is 4. The lowest BCUT2D eigenvalue weighted by molar-refractivity contribution is 1.17. The van der Waals surface area contributed by atoms with Gasteiger partial charge in [0.1, 0.15) is 6.07 Å². The highest BCUT2D eigenvalue weighted by molar-refractivity contribution is 6.12. The lowest BCUT2D eigenvalue weighted by Gasteiger charge is -2.15. The highest BCUT2D eigenvalue weighted by atomic mass is 15.0. The van der Waals surface area contributed by atoms with Gasteiger partial charge in [0.25, 0.3) is 0 Å². The molecule has 0 aliphatic carbocycles. The molecule has 0 amide bonds. The van der Waals surface area contributed by atoms with Gasteiger partial charge >= 0.3 is 0 Å². The third kappa shape index (κ3) is 4.38. The van der Waals surface area contributed by atoms with E-state index in [-0.39, 0.29) is 0 Å². The Kier molecular flexibility index (Phi) is 6.56. The van der Waals surface area contributed by atoms with E-state index >= 15 is 0 Å². The van der Waals surface area contributed by atoms with Gasteiger partial charge in [-0.1, -0.05) is 91.0 Å². The molecule has 0 N–H and O–H groups in total. The molecule has 0 atom stereocenters. The molecule has 0 saturated carbocycles. The maximum Gasteiger partial charge on any atom is 0.101 e. The molecular formula is C45H25N5. The molecule has 0 bridgehead atoms. The SMILES string of the molecule is N#Cc1ccc(-c2ccc(-c3cccc(-n4c5ccc(C#N)cc5c5cccc(C#N)c54)c3)cc2)c(-n2c3ccccc3c3ccccc32)c1. The number of nitriles is 3. The van der Waals surface area contributed by atoms with Gasteiger partial charge in [-0.05, 0) is 77.4 Å². The maximum atomic E-state index is 10.1. The normalized spacial score (nSPS) is 11.1. The minimum absolute atomic E-state index is 0.577. The van der Waals surface area contributed by atoms with Crippen molar-refractivity contribution >= 4 is 43.6 Å². The van der Waals surface area contributed by atoms with Crippen LogP contribution in [0.25, 0.3) is 77.2 Å². The van der Waals surface area contributed by atoms with Gasteiger partial charge in [0.2, 0.25) is 0 Å². The van der Waals surface area contributed by atoms with Crippen LogP contribution >= 0.6 is 0 Å². The molecule has 9 rings (SSSR count). The third-order valence-corrected chi connectivity index (χ3v) is 9.62. The Balaban J connectivity index is 1.17. The fraction of sp³-hybridized carbons (Fsp3) is 0. The smallest absolute Gasteiger partial charge is 0.101 e. The summed E-state index contributed by atoms with van der Waals surface area (Å²) in [7, 11) is 0. The fourth-order valence-corrected chi connectivity index (χ4v) is 7.38. The van der Waals surface area contributed by atoms with Crippen LogP contribution in [-0.4, -0.2) is 9.13 Å². The Morgan fingerprint density at radius 1 is 0.400 bits per heavy atom. The van der Waals surface area contributed by atoms with E-state index in [0.29, 0.717) is 16.7 Å². The molecule has 0 aliphatic heterocycles. The van der Waals surface area contributed by atoms with Crippen LogP contribution in [0.4, 0.5) is 0 Å². The van der Waals surface area contributed by atoms with E-state index in [4.69, 9.17) is 0 Å². The Morgan fingerprint density at radius 3 is 1.74 bits per heavy atom. The lowest BCUT2D eigenvalue weighted by Crippen LogP contribution is -1.98. The van der Waals surface area contributed by atoms with Crippen molar-refractivity contribution in [2.75, 3.05) is 0 Å². The van der Waals surface area contributed by atoms with E-state index in [2.05, 4.69) is 118 Å². The number of aromatic nitrogens is 2.